The molecule has 0 radical (unpaired) electrons. The van der Waals surface area contributed by atoms with Crippen molar-refractivity contribution in [3.63, 3.8) is 0 Å². The normalized spacial score (nSPS) is 11.6. The Bertz CT molecular complexity index is 1140. The van der Waals surface area contributed by atoms with Gasteiger partial charge in [0.2, 0.25) is 0 Å². The van der Waals surface area contributed by atoms with Crippen LogP contribution in [0.15, 0.2) is 42.5 Å². The van der Waals surface area contributed by atoms with Gasteiger partial charge in [0.1, 0.15) is 22.9 Å². The van der Waals surface area contributed by atoms with Crippen LogP contribution in [0.4, 0.5) is 26.3 Å². The minimum atomic E-state index is -4.51. The monoisotopic (exact) mass is 468 g/mol. The number of phenols is 1. The molecule has 0 saturated heterocycles. The molecule has 0 saturated carbocycles. The number of rotatable bonds is 8. The average molecular weight is 468 g/mol. The summed E-state index contributed by atoms with van der Waals surface area (Å²) in [5.41, 5.74) is -2.88. The largest absolute Gasteiger partial charge is 0.507 e. The first-order chi connectivity index (χ1) is 15.6. The Balaban J connectivity index is 2.08. The number of alkyl halides is 2. The van der Waals surface area contributed by atoms with Crippen molar-refractivity contribution < 1.29 is 36.2 Å². The SMILES string of the molecule is CCCCc1ccc(-c2c(O)cc(F)c(C(F)(F)Oc3ccc(CC)cc3)c2F)c(F)c1F. The predicted molar refractivity (Wildman–Crippen MR) is 112 cm³/mol. The number of hydrogen-bond donors (Lipinski definition) is 1. The summed E-state index contributed by atoms with van der Waals surface area (Å²) in [6.07, 6.45) is -2.37. The van der Waals surface area contributed by atoms with E-state index in [4.69, 9.17) is 0 Å². The number of benzene rings is 3. The molecule has 0 spiro atoms. The maximum atomic E-state index is 15.2. The van der Waals surface area contributed by atoms with Crippen molar-refractivity contribution in [2.24, 2.45) is 0 Å². The molecule has 3 rings (SSSR count). The lowest BCUT2D eigenvalue weighted by molar-refractivity contribution is -0.189. The second-order valence-corrected chi connectivity index (χ2v) is 7.56. The lowest BCUT2D eigenvalue weighted by atomic mass is 9.96. The lowest BCUT2D eigenvalue weighted by Gasteiger charge is -2.21. The highest BCUT2D eigenvalue weighted by molar-refractivity contribution is 5.73. The van der Waals surface area contributed by atoms with Crippen LogP contribution in [0.1, 0.15) is 43.4 Å². The number of ether oxygens (including phenoxy) is 1. The minimum absolute atomic E-state index is 0.0181. The van der Waals surface area contributed by atoms with Gasteiger partial charge in [-0.15, -0.1) is 0 Å². The van der Waals surface area contributed by atoms with Gasteiger partial charge in [0, 0.05) is 11.6 Å². The summed E-state index contributed by atoms with van der Waals surface area (Å²) in [6.45, 7) is 3.71. The third kappa shape index (κ3) is 4.94. The molecule has 3 aromatic carbocycles. The molecular formula is C25H22F6O2. The van der Waals surface area contributed by atoms with Crippen LogP contribution in [0.5, 0.6) is 11.5 Å². The highest BCUT2D eigenvalue weighted by Gasteiger charge is 2.43. The zero-order valence-corrected chi connectivity index (χ0v) is 18.0. The Hall–Kier alpha value is -3.16. The van der Waals surface area contributed by atoms with Crippen molar-refractivity contribution >= 4 is 0 Å². The zero-order chi connectivity index (χ0) is 24.3. The van der Waals surface area contributed by atoms with Gasteiger partial charge in [-0.1, -0.05) is 44.5 Å². The second kappa shape index (κ2) is 9.77. The van der Waals surface area contributed by atoms with Crippen LogP contribution in [0.3, 0.4) is 0 Å². The van der Waals surface area contributed by atoms with Crippen LogP contribution in [-0.4, -0.2) is 5.11 Å². The van der Waals surface area contributed by atoms with Crippen LogP contribution in [-0.2, 0) is 19.0 Å². The van der Waals surface area contributed by atoms with Gasteiger partial charge in [0.05, 0.1) is 5.56 Å². The molecule has 0 aromatic heterocycles. The Morgan fingerprint density at radius 1 is 0.879 bits per heavy atom. The fourth-order valence-electron chi connectivity index (χ4n) is 3.46. The fraction of sp³-hybridized carbons (Fsp3) is 0.280. The van der Waals surface area contributed by atoms with Gasteiger partial charge in [0.15, 0.2) is 17.5 Å². The summed E-state index contributed by atoms with van der Waals surface area (Å²) in [7, 11) is 0. The standard InChI is InChI=1S/C25H22F6O2/c1-3-5-6-15-9-12-17(23(28)22(15)27)20-19(32)13-18(26)21(24(20)29)25(30,31)33-16-10-7-14(4-2)8-11-16/h7-13,32H,3-6H2,1-2H3. The Labute approximate surface area is 187 Å². The molecule has 0 unspecified atom stereocenters. The minimum Gasteiger partial charge on any atom is -0.507 e. The van der Waals surface area contributed by atoms with Crippen LogP contribution >= 0.6 is 0 Å². The molecule has 8 heteroatoms. The van der Waals surface area contributed by atoms with Gasteiger partial charge in [-0.25, -0.2) is 17.6 Å². The first-order valence-corrected chi connectivity index (χ1v) is 10.4. The van der Waals surface area contributed by atoms with E-state index in [0.29, 0.717) is 12.8 Å². The third-order valence-corrected chi connectivity index (χ3v) is 5.30. The Morgan fingerprint density at radius 2 is 1.55 bits per heavy atom. The number of unbranched alkanes of at least 4 members (excludes halogenated alkanes) is 1. The van der Waals surface area contributed by atoms with Crippen LogP contribution in [0.2, 0.25) is 0 Å². The Morgan fingerprint density at radius 3 is 2.15 bits per heavy atom. The second-order valence-electron chi connectivity index (χ2n) is 7.56. The highest BCUT2D eigenvalue weighted by Crippen LogP contribution is 2.43. The number of aromatic hydroxyl groups is 1. The highest BCUT2D eigenvalue weighted by atomic mass is 19.3. The van der Waals surface area contributed by atoms with Crippen molar-refractivity contribution in [1.29, 1.82) is 0 Å². The van der Waals surface area contributed by atoms with Crippen LogP contribution < -0.4 is 4.74 Å². The maximum absolute atomic E-state index is 15.2. The molecule has 176 valence electrons. The Kier molecular flexibility index (Phi) is 7.25. The topological polar surface area (TPSA) is 29.5 Å². The number of halogens is 6. The molecule has 0 amide bonds. The van der Waals surface area contributed by atoms with E-state index in [0.717, 1.165) is 18.1 Å². The van der Waals surface area contributed by atoms with Gasteiger partial charge in [-0.05, 0) is 42.5 Å². The van der Waals surface area contributed by atoms with Crippen LogP contribution in [0, 0.1) is 23.3 Å². The zero-order valence-electron chi connectivity index (χ0n) is 18.0. The van der Waals surface area contributed by atoms with E-state index >= 15 is 4.39 Å². The van der Waals surface area contributed by atoms with E-state index in [1.807, 2.05) is 13.8 Å². The third-order valence-electron chi connectivity index (χ3n) is 5.30. The molecule has 0 bridgehead atoms. The molecule has 33 heavy (non-hydrogen) atoms. The molecule has 0 aliphatic carbocycles. The van der Waals surface area contributed by atoms with Crippen molar-refractivity contribution in [3.8, 4) is 22.6 Å². The number of hydrogen-bond acceptors (Lipinski definition) is 2. The summed E-state index contributed by atoms with van der Waals surface area (Å²) in [4.78, 5) is 0. The predicted octanol–water partition coefficient (Wildman–Crippen LogP) is 7.65. The first-order valence-electron chi connectivity index (χ1n) is 10.4. The van der Waals surface area contributed by atoms with Crippen molar-refractivity contribution in [3.05, 3.63) is 82.4 Å². The van der Waals surface area contributed by atoms with Gasteiger partial charge >= 0.3 is 6.11 Å². The van der Waals surface area contributed by atoms with E-state index in [9.17, 15) is 27.1 Å². The molecular weight excluding hydrogens is 446 g/mol. The van der Waals surface area contributed by atoms with Crippen molar-refractivity contribution in [2.45, 2.75) is 45.6 Å². The molecule has 0 atom stereocenters. The van der Waals surface area contributed by atoms with Crippen molar-refractivity contribution in [2.75, 3.05) is 0 Å². The summed E-state index contributed by atoms with van der Waals surface area (Å²) in [6, 6.07) is 7.81. The van der Waals surface area contributed by atoms with Gasteiger partial charge in [-0.3, -0.25) is 0 Å². The van der Waals surface area contributed by atoms with E-state index < -0.39 is 51.8 Å². The summed E-state index contributed by atoms with van der Waals surface area (Å²) < 4.78 is 92.9. The summed E-state index contributed by atoms with van der Waals surface area (Å²) in [5, 5.41) is 10.0. The summed E-state index contributed by atoms with van der Waals surface area (Å²) >= 11 is 0. The quantitative estimate of drug-likeness (QED) is 0.344. The number of aryl methyl sites for hydroxylation is 2. The average Bonchev–Trinajstić information content (AvgIpc) is 2.75. The van der Waals surface area contributed by atoms with Gasteiger partial charge < -0.3 is 9.84 Å². The smallest absolute Gasteiger partial charge is 0.432 e. The van der Waals surface area contributed by atoms with Crippen molar-refractivity contribution in [1.82, 2.24) is 0 Å². The van der Waals surface area contributed by atoms with Crippen LogP contribution in [0.25, 0.3) is 11.1 Å². The van der Waals surface area contributed by atoms with E-state index in [2.05, 4.69) is 4.74 Å². The number of phenolic OH excluding ortho intramolecular Hbond substituents is 1. The lowest BCUT2D eigenvalue weighted by Crippen LogP contribution is -2.25. The molecule has 0 aliphatic heterocycles. The van der Waals surface area contributed by atoms with Gasteiger partial charge in [-0.2, -0.15) is 8.78 Å². The molecule has 1 N–H and O–H groups in total. The maximum Gasteiger partial charge on any atom is 0.432 e. The first kappa shape index (κ1) is 24.5. The molecule has 0 fully saturated rings. The van der Waals surface area contributed by atoms with E-state index in [1.54, 1.807) is 0 Å². The summed E-state index contributed by atoms with van der Waals surface area (Å²) in [5.74, 6) is -8.09. The fourth-order valence-corrected chi connectivity index (χ4v) is 3.46. The molecule has 0 aliphatic rings. The van der Waals surface area contributed by atoms with E-state index in [-0.39, 0.29) is 23.8 Å². The molecule has 3 aromatic rings. The van der Waals surface area contributed by atoms with Gasteiger partial charge in [0.25, 0.3) is 0 Å². The molecule has 2 nitrogen and oxygen atoms in total. The van der Waals surface area contributed by atoms with E-state index in [1.165, 1.54) is 30.3 Å². The molecule has 0 heterocycles.